The minimum atomic E-state index is -0.628. The van der Waals surface area contributed by atoms with Crippen LogP contribution in [0.25, 0.3) is 0 Å². The van der Waals surface area contributed by atoms with Crippen LogP contribution in [0.2, 0.25) is 0 Å². The number of benzene rings is 1. The highest BCUT2D eigenvalue weighted by atomic mass is 19.1. The summed E-state index contributed by atoms with van der Waals surface area (Å²) in [4.78, 5) is 17.2. The molecule has 1 aromatic heterocycles. The lowest BCUT2D eigenvalue weighted by Crippen LogP contribution is -2.46. The molecule has 2 aliphatic rings. The normalized spacial score (nSPS) is 21.2. The third-order valence-corrected chi connectivity index (χ3v) is 6.93. The lowest BCUT2D eigenvalue weighted by molar-refractivity contribution is -0.138. The van der Waals surface area contributed by atoms with E-state index in [1.807, 2.05) is 34.1 Å². The highest BCUT2D eigenvalue weighted by Gasteiger charge is 2.42. The fourth-order valence-corrected chi connectivity index (χ4v) is 4.83. The van der Waals surface area contributed by atoms with Crippen molar-refractivity contribution in [3.8, 4) is 0 Å². The van der Waals surface area contributed by atoms with E-state index in [4.69, 9.17) is 9.47 Å². The van der Waals surface area contributed by atoms with Gasteiger partial charge < -0.3 is 19.3 Å². The first-order valence-electron chi connectivity index (χ1n) is 13.2. The predicted octanol–water partition coefficient (Wildman–Crippen LogP) is 5.28. The lowest BCUT2D eigenvalue weighted by atomic mass is 9.87. The largest absolute Gasteiger partial charge is 0.497 e. The predicted molar refractivity (Wildman–Crippen MR) is 148 cm³/mol. The maximum absolute atomic E-state index is 14.6. The molecule has 2 aliphatic heterocycles. The summed E-state index contributed by atoms with van der Waals surface area (Å²) in [6.45, 7) is 7.75. The molecule has 210 valence electrons. The third kappa shape index (κ3) is 8.45. The number of anilines is 1. The fourth-order valence-electron chi connectivity index (χ4n) is 4.83. The van der Waals surface area contributed by atoms with Crippen LogP contribution in [0.5, 0.6) is 0 Å². The number of allylic oxidation sites excluding steroid dienone is 4. The molecule has 1 aromatic carbocycles. The Morgan fingerprint density at radius 3 is 2.67 bits per heavy atom. The number of carbonyl (C=O) groups is 1. The summed E-state index contributed by atoms with van der Waals surface area (Å²) in [5.41, 5.74) is 0.358. The van der Waals surface area contributed by atoms with Crippen LogP contribution in [0.4, 0.5) is 14.6 Å². The molecular weight excluding hydrogens is 502 g/mol. The Labute approximate surface area is 229 Å². The third-order valence-electron chi connectivity index (χ3n) is 6.93. The van der Waals surface area contributed by atoms with Crippen LogP contribution in [0.15, 0.2) is 73.2 Å². The van der Waals surface area contributed by atoms with Crippen molar-refractivity contribution >= 4 is 11.7 Å². The molecule has 3 atom stereocenters. The molecule has 0 N–H and O–H groups in total. The topological polar surface area (TPSA) is 67.8 Å². The number of ether oxygens (including phenoxy) is 2. The summed E-state index contributed by atoms with van der Waals surface area (Å²) < 4.78 is 38.3. The van der Waals surface area contributed by atoms with Gasteiger partial charge >= 0.3 is 0 Å². The second-order valence-electron chi connectivity index (χ2n) is 9.52. The number of piperidine rings is 1. The van der Waals surface area contributed by atoms with Gasteiger partial charge in [-0.2, -0.15) is 5.10 Å². The zero-order chi connectivity index (χ0) is 28.2. The van der Waals surface area contributed by atoms with E-state index in [0.29, 0.717) is 43.3 Å². The van der Waals surface area contributed by atoms with Crippen molar-refractivity contribution in [2.75, 3.05) is 45.3 Å². The molecule has 0 saturated carbocycles. The van der Waals surface area contributed by atoms with Crippen LogP contribution in [0.1, 0.15) is 37.7 Å². The van der Waals surface area contributed by atoms with Gasteiger partial charge in [0.2, 0.25) is 5.91 Å². The van der Waals surface area contributed by atoms with Gasteiger partial charge in [-0.1, -0.05) is 37.8 Å². The van der Waals surface area contributed by atoms with E-state index in [-0.39, 0.29) is 12.0 Å². The number of aromatic nitrogens is 2. The van der Waals surface area contributed by atoms with Crippen molar-refractivity contribution in [3.05, 3.63) is 90.4 Å². The van der Waals surface area contributed by atoms with Crippen molar-refractivity contribution in [1.29, 1.82) is 0 Å². The number of carbonyl (C=O) groups excluding carboxylic acids is 1. The number of rotatable bonds is 8. The van der Waals surface area contributed by atoms with Crippen molar-refractivity contribution in [1.82, 2.24) is 15.1 Å². The molecule has 0 radical (unpaired) electrons. The number of methoxy groups -OCH3 is 2. The summed E-state index contributed by atoms with van der Waals surface area (Å²) >= 11 is 0. The Kier molecular flexibility index (Phi) is 11.6. The van der Waals surface area contributed by atoms with Crippen LogP contribution in [-0.4, -0.2) is 67.5 Å². The number of amides is 1. The van der Waals surface area contributed by atoms with Gasteiger partial charge in [-0.3, -0.25) is 4.79 Å². The maximum atomic E-state index is 14.6. The highest BCUT2D eigenvalue weighted by Crippen LogP contribution is 2.37. The molecule has 39 heavy (non-hydrogen) atoms. The molecule has 3 heterocycles. The van der Waals surface area contributed by atoms with Gasteiger partial charge in [-0.15, -0.1) is 5.10 Å². The van der Waals surface area contributed by atoms with E-state index in [0.717, 1.165) is 25.3 Å². The van der Waals surface area contributed by atoms with Gasteiger partial charge in [-0.05, 0) is 49.1 Å². The summed E-state index contributed by atoms with van der Waals surface area (Å²) in [5, 5.41) is 8.04. The Morgan fingerprint density at radius 2 is 2.00 bits per heavy atom. The quantitative estimate of drug-likeness (QED) is 0.335. The molecule has 4 rings (SSSR count). The molecule has 2 unspecified atom stereocenters. The molecule has 2 fully saturated rings. The van der Waals surface area contributed by atoms with Gasteiger partial charge in [0.15, 0.2) is 5.82 Å². The number of hydrogen-bond acceptors (Lipinski definition) is 6. The van der Waals surface area contributed by atoms with Crippen molar-refractivity contribution in [2.24, 2.45) is 5.92 Å². The number of nitrogens with zero attached hydrogens (tertiary/aromatic N) is 4. The van der Waals surface area contributed by atoms with E-state index >= 15 is 0 Å². The molecule has 0 bridgehead atoms. The van der Waals surface area contributed by atoms with E-state index in [1.54, 1.807) is 26.5 Å². The van der Waals surface area contributed by atoms with E-state index in [2.05, 4.69) is 29.8 Å². The van der Waals surface area contributed by atoms with E-state index in [1.165, 1.54) is 12.1 Å². The minimum absolute atomic E-state index is 0.0196. The number of likely N-dealkylation sites (tertiary alicyclic amines) is 1. The first kappa shape index (κ1) is 30.0. The van der Waals surface area contributed by atoms with Gasteiger partial charge in [0.05, 0.1) is 19.1 Å². The molecule has 0 aliphatic carbocycles. The number of hydrogen-bond donors (Lipinski definition) is 0. The first-order valence-corrected chi connectivity index (χ1v) is 13.2. The minimum Gasteiger partial charge on any atom is -0.497 e. The number of halogens is 2. The Bertz CT molecular complexity index is 1140. The van der Waals surface area contributed by atoms with Crippen molar-refractivity contribution < 1.29 is 23.0 Å². The van der Waals surface area contributed by atoms with Crippen LogP contribution < -0.4 is 4.90 Å². The second-order valence-corrected chi connectivity index (χ2v) is 9.52. The summed E-state index contributed by atoms with van der Waals surface area (Å²) in [5.74, 6) is -0.795. The highest BCUT2D eigenvalue weighted by molar-refractivity contribution is 5.81. The summed E-state index contributed by atoms with van der Waals surface area (Å²) in [6.07, 6.45) is 12.2. The van der Waals surface area contributed by atoms with E-state index < -0.39 is 23.5 Å². The van der Waals surface area contributed by atoms with Gasteiger partial charge in [0, 0.05) is 51.5 Å². The Hall–Kier alpha value is -3.59. The monoisotopic (exact) mass is 540 g/mol. The van der Waals surface area contributed by atoms with Gasteiger partial charge in [-0.25, -0.2) is 8.78 Å². The van der Waals surface area contributed by atoms with Crippen molar-refractivity contribution in [3.63, 3.8) is 0 Å². The zero-order valence-electron chi connectivity index (χ0n) is 22.9. The van der Waals surface area contributed by atoms with Crippen LogP contribution in [0, 0.1) is 17.6 Å². The SMILES string of the molecule is C=C(/C=C\C=C/CC)OC.COC1CCCN(C(=O)C2CN(c3cccnn3)C[C@H]2c2ccc(F)cc2F)C1. The molecule has 2 saturated heterocycles. The Morgan fingerprint density at radius 1 is 1.18 bits per heavy atom. The molecule has 2 aromatic rings. The average Bonchev–Trinajstić information content (AvgIpc) is 3.41. The van der Waals surface area contributed by atoms with Crippen LogP contribution in [0.3, 0.4) is 0 Å². The summed E-state index contributed by atoms with van der Waals surface area (Å²) in [7, 11) is 3.26. The molecular formula is C30H38F2N4O3. The average molecular weight is 541 g/mol. The Balaban J connectivity index is 0.000000360. The fraction of sp³-hybridized carbons (Fsp3) is 0.433. The van der Waals surface area contributed by atoms with Gasteiger partial charge in [0.25, 0.3) is 0 Å². The molecule has 9 heteroatoms. The molecule has 1 amide bonds. The van der Waals surface area contributed by atoms with Gasteiger partial charge in [0.1, 0.15) is 17.4 Å². The van der Waals surface area contributed by atoms with E-state index in [9.17, 15) is 13.6 Å². The van der Waals surface area contributed by atoms with Crippen LogP contribution >= 0.6 is 0 Å². The lowest BCUT2D eigenvalue weighted by Gasteiger charge is -2.34. The standard InChI is InChI=1S/C21H24F2N4O2.C9H14O/c1-29-15-4-3-9-26(11-15)21(28)18-13-27(20-5-2-8-24-25-20)12-17(18)16-7-6-14(22)10-19(16)23;1-4-5-6-7-8-9(2)10-3/h2,5-8,10,15,17-18H,3-4,9,11-13H2,1H3;5-8H,2,4H2,1,3H3/b;6-5-,8-7-/t15?,17-,18?;/m0./s1. The first-order chi connectivity index (χ1) is 18.9. The molecule has 0 spiro atoms. The summed E-state index contributed by atoms with van der Waals surface area (Å²) in [6, 6.07) is 7.17. The maximum Gasteiger partial charge on any atom is 0.228 e. The van der Waals surface area contributed by atoms with Crippen molar-refractivity contribution in [2.45, 2.75) is 38.2 Å². The van der Waals surface area contributed by atoms with Crippen LogP contribution in [-0.2, 0) is 14.3 Å². The zero-order valence-corrected chi connectivity index (χ0v) is 22.9. The smallest absolute Gasteiger partial charge is 0.228 e. The second kappa shape index (κ2) is 15.1. The molecule has 7 nitrogen and oxygen atoms in total.